The SMILES string of the molecule is COc1ccc(Cl)cc1N1C(=O)C(Cl)=C(Nc2ccc(C(=O)Oc3c(C)cc(Br)cc3C)cc2)C1=O. The predicted molar refractivity (Wildman–Crippen MR) is 142 cm³/mol. The maximum Gasteiger partial charge on any atom is 0.343 e. The number of ether oxygens (including phenoxy) is 2. The molecule has 0 fully saturated rings. The molecule has 3 aromatic rings. The minimum Gasteiger partial charge on any atom is -0.495 e. The Morgan fingerprint density at radius 1 is 0.944 bits per heavy atom. The second kappa shape index (κ2) is 10.3. The van der Waals surface area contributed by atoms with Crippen molar-refractivity contribution < 1.29 is 23.9 Å². The number of hydrogen-bond acceptors (Lipinski definition) is 6. The van der Waals surface area contributed by atoms with Crippen molar-refractivity contribution in [2.45, 2.75) is 13.8 Å². The van der Waals surface area contributed by atoms with Crippen molar-refractivity contribution in [1.82, 2.24) is 0 Å². The van der Waals surface area contributed by atoms with Crippen LogP contribution in [0.3, 0.4) is 0 Å². The van der Waals surface area contributed by atoms with E-state index in [1.54, 1.807) is 36.4 Å². The number of benzene rings is 3. The first-order valence-electron chi connectivity index (χ1n) is 10.6. The topological polar surface area (TPSA) is 84.9 Å². The van der Waals surface area contributed by atoms with Crippen LogP contribution in [0.5, 0.6) is 11.5 Å². The van der Waals surface area contributed by atoms with Crippen molar-refractivity contribution in [1.29, 1.82) is 0 Å². The molecule has 1 N–H and O–H groups in total. The Morgan fingerprint density at radius 3 is 2.19 bits per heavy atom. The van der Waals surface area contributed by atoms with Gasteiger partial charge in [0, 0.05) is 15.2 Å². The fourth-order valence-corrected chi connectivity index (χ4v) is 4.78. The number of carbonyl (C=O) groups excluding carboxylic acids is 3. The lowest BCUT2D eigenvalue weighted by Gasteiger charge is -2.18. The van der Waals surface area contributed by atoms with Gasteiger partial charge in [-0.2, -0.15) is 0 Å². The first kappa shape index (κ1) is 25.8. The van der Waals surface area contributed by atoms with Crippen molar-refractivity contribution in [2.24, 2.45) is 0 Å². The molecule has 10 heteroatoms. The zero-order valence-electron chi connectivity index (χ0n) is 19.3. The van der Waals surface area contributed by atoms with Crippen LogP contribution in [0.1, 0.15) is 21.5 Å². The molecule has 0 radical (unpaired) electrons. The summed E-state index contributed by atoms with van der Waals surface area (Å²) in [5.74, 6) is -1.14. The Labute approximate surface area is 225 Å². The van der Waals surface area contributed by atoms with Crippen molar-refractivity contribution >= 4 is 68.3 Å². The summed E-state index contributed by atoms with van der Waals surface area (Å²) < 4.78 is 11.8. The van der Waals surface area contributed by atoms with Crippen LogP contribution < -0.4 is 19.7 Å². The van der Waals surface area contributed by atoms with Crippen molar-refractivity contribution in [3.8, 4) is 11.5 Å². The third kappa shape index (κ3) is 4.97. The second-order valence-corrected chi connectivity index (χ2v) is 9.64. The van der Waals surface area contributed by atoms with E-state index in [4.69, 9.17) is 32.7 Å². The van der Waals surface area contributed by atoms with Crippen LogP contribution in [0.4, 0.5) is 11.4 Å². The van der Waals surface area contributed by atoms with Crippen molar-refractivity contribution in [3.05, 3.63) is 91.5 Å². The number of nitrogens with one attached hydrogen (secondary N) is 1. The standard InChI is InChI=1S/C26H19BrCl2N2O5/c1-13-10-16(27)11-14(2)23(13)36-26(34)15-4-7-18(8-5-15)30-22-21(29)24(32)31(25(22)33)19-12-17(28)6-9-20(19)35-3/h4-12,30H,1-3H3. The van der Waals surface area contributed by atoms with Gasteiger partial charge in [-0.3, -0.25) is 9.59 Å². The van der Waals surface area contributed by atoms with Crippen LogP contribution >= 0.6 is 39.1 Å². The molecule has 0 spiro atoms. The number of aryl methyl sites for hydroxylation is 2. The average Bonchev–Trinajstić information content (AvgIpc) is 3.04. The Morgan fingerprint density at radius 2 is 1.58 bits per heavy atom. The molecule has 0 aromatic heterocycles. The molecular weight excluding hydrogens is 571 g/mol. The molecule has 0 saturated carbocycles. The maximum atomic E-state index is 13.1. The van der Waals surface area contributed by atoms with Crippen LogP contribution in [-0.2, 0) is 9.59 Å². The lowest BCUT2D eigenvalue weighted by atomic mass is 10.1. The van der Waals surface area contributed by atoms with E-state index < -0.39 is 17.8 Å². The van der Waals surface area contributed by atoms with Gasteiger partial charge in [-0.15, -0.1) is 0 Å². The molecule has 36 heavy (non-hydrogen) atoms. The zero-order chi connectivity index (χ0) is 26.1. The summed E-state index contributed by atoms with van der Waals surface area (Å²) in [6, 6.07) is 14.5. The van der Waals surface area contributed by atoms with Gasteiger partial charge in [0.25, 0.3) is 11.8 Å². The van der Waals surface area contributed by atoms with Gasteiger partial charge in [0.2, 0.25) is 0 Å². The lowest BCUT2D eigenvalue weighted by Crippen LogP contribution is -2.32. The molecule has 0 atom stereocenters. The van der Waals surface area contributed by atoms with Crippen LogP contribution in [0.15, 0.2) is 69.8 Å². The summed E-state index contributed by atoms with van der Waals surface area (Å²) in [6.45, 7) is 3.71. The van der Waals surface area contributed by atoms with E-state index in [2.05, 4.69) is 21.2 Å². The molecule has 3 aromatic carbocycles. The molecule has 0 aliphatic carbocycles. The highest BCUT2D eigenvalue weighted by atomic mass is 79.9. The number of imide groups is 1. The van der Waals surface area contributed by atoms with E-state index in [1.165, 1.54) is 13.2 Å². The van der Waals surface area contributed by atoms with E-state index in [1.807, 2.05) is 26.0 Å². The average molecular weight is 590 g/mol. The van der Waals surface area contributed by atoms with Gasteiger partial charge in [0.15, 0.2) is 0 Å². The molecule has 1 aliphatic rings. The monoisotopic (exact) mass is 588 g/mol. The van der Waals surface area contributed by atoms with E-state index in [0.717, 1.165) is 20.5 Å². The number of halogens is 3. The third-order valence-corrected chi connectivity index (χ3v) is 6.46. The number of amides is 2. The quantitative estimate of drug-likeness (QED) is 0.204. The lowest BCUT2D eigenvalue weighted by molar-refractivity contribution is -0.120. The van der Waals surface area contributed by atoms with Gasteiger partial charge in [-0.05, 0) is 79.6 Å². The first-order chi connectivity index (χ1) is 17.1. The molecule has 1 aliphatic heterocycles. The van der Waals surface area contributed by atoms with Gasteiger partial charge >= 0.3 is 5.97 Å². The normalized spacial score (nSPS) is 13.3. The zero-order valence-corrected chi connectivity index (χ0v) is 22.4. The first-order valence-corrected chi connectivity index (χ1v) is 12.1. The van der Waals surface area contributed by atoms with Gasteiger partial charge in [-0.25, -0.2) is 9.69 Å². The summed E-state index contributed by atoms with van der Waals surface area (Å²) in [4.78, 5) is 39.5. The van der Waals surface area contributed by atoms with E-state index in [9.17, 15) is 14.4 Å². The van der Waals surface area contributed by atoms with Gasteiger partial charge in [-0.1, -0.05) is 39.1 Å². The number of rotatable bonds is 6. The Kier molecular flexibility index (Phi) is 7.40. The molecule has 0 bridgehead atoms. The summed E-state index contributed by atoms with van der Waals surface area (Å²) in [5, 5.41) is 2.90. The summed E-state index contributed by atoms with van der Waals surface area (Å²) in [7, 11) is 1.41. The number of carbonyl (C=O) groups is 3. The highest BCUT2D eigenvalue weighted by Gasteiger charge is 2.40. The maximum absolute atomic E-state index is 13.1. The molecule has 2 amide bonds. The Bertz CT molecular complexity index is 1410. The number of nitrogens with zero attached hydrogens (tertiary/aromatic N) is 1. The molecule has 4 rings (SSSR count). The summed E-state index contributed by atoms with van der Waals surface area (Å²) in [5.41, 5.74) is 2.45. The fourth-order valence-electron chi connectivity index (χ4n) is 3.71. The van der Waals surface area contributed by atoms with Crippen LogP contribution in [0.2, 0.25) is 5.02 Å². The van der Waals surface area contributed by atoms with Crippen molar-refractivity contribution in [2.75, 3.05) is 17.3 Å². The number of methoxy groups -OCH3 is 1. The van der Waals surface area contributed by atoms with E-state index >= 15 is 0 Å². The number of anilines is 2. The van der Waals surface area contributed by atoms with E-state index in [0.29, 0.717) is 22.0 Å². The largest absolute Gasteiger partial charge is 0.495 e. The highest BCUT2D eigenvalue weighted by Crippen LogP contribution is 2.37. The van der Waals surface area contributed by atoms with Crippen LogP contribution in [0, 0.1) is 13.8 Å². The third-order valence-electron chi connectivity index (χ3n) is 5.42. The fraction of sp³-hybridized carbons (Fsp3) is 0.115. The second-order valence-electron chi connectivity index (χ2n) is 7.91. The number of esters is 1. The number of hydrogen-bond donors (Lipinski definition) is 1. The molecular formula is C26H19BrCl2N2O5. The minimum atomic E-state index is -0.717. The summed E-state index contributed by atoms with van der Waals surface area (Å²) >= 11 is 15.7. The van der Waals surface area contributed by atoms with Gasteiger partial charge < -0.3 is 14.8 Å². The van der Waals surface area contributed by atoms with Crippen LogP contribution in [0.25, 0.3) is 0 Å². The van der Waals surface area contributed by atoms with Gasteiger partial charge in [0.05, 0.1) is 18.4 Å². The Balaban J connectivity index is 1.52. The molecule has 7 nitrogen and oxygen atoms in total. The minimum absolute atomic E-state index is 0.111. The van der Waals surface area contributed by atoms with Crippen molar-refractivity contribution in [3.63, 3.8) is 0 Å². The molecule has 0 unspecified atom stereocenters. The van der Waals surface area contributed by atoms with Crippen LogP contribution in [-0.4, -0.2) is 24.9 Å². The molecule has 184 valence electrons. The van der Waals surface area contributed by atoms with E-state index in [-0.39, 0.29) is 22.2 Å². The predicted octanol–water partition coefficient (Wildman–Crippen LogP) is 6.38. The molecule has 1 heterocycles. The highest BCUT2D eigenvalue weighted by molar-refractivity contribution is 9.10. The Hall–Kier alpha value is -3.33. The summed E-state index contributed by atoms with van der Waals surface area (Å²) in [6.07, 6.45) is 0. The smallest absolute Gasteiger partial charge is 0.343 e. The van der Waals surface area contributed by atoms with Gasteiger partial charge in [0.1, 0.15) is 22.2 Å². The molecule has 0 saturated heterocycles.